The van der Waals surface area contributed by atoms with Gasteiger partial charge in [0.1, 0.15) is 0 Å². The maximum atomic E-state index is 12.0. The molecule has 0 heterocycles. The molecule has 0 aliphatic heterocycles. The van der Waals surface area contributed by atoms with E-state index >= 15 is 0 Å². The van der Waals surface area contributed by atoms with E-state index in [2.05, 4.69) is 6.92 Å². The van der Waals surface area contributed by atoms with Gasteiger partial charge in [-0.05, 0) is 31.8 Å². The standard InChI is InChI=1S/C27H53NO4S/c1-3-4-5-6-7-8-9-10-11-12-13-14-15-16-17-18-19-20-21-24-27(29)28(2)25-22-23-26-33(30,31)32/h21,24H,3-20,22-23,25-26H2,1-2H3,(H,30,31,32)/b24-21+. The molecule has 0 saturated carbocycles. The summed E-state index contributed by atoms with van der Waals surface area (Å²) >= 11 is 0. The summed E-state index contributed by atoms with van der Waals surface area (Å²) in [5, 5.41) is 0. The minimum absolute atomic E-state index is 0.0474. The Balaban J connectivity index is 3.36. The molecule has 0 aromatic heterocycles. The molecular weight excluding hydrogens is 434 g/mol. The van der Waals surface area contributed by atoms with Crippen molar-refractivity contribution in [3.8, 4) is 0 Å². The summed E-state index contributed by atoms with van der Waals surface area (Å²) in [5.41, 5.74) is 0. The molecular formula is C27H53NO4S. The van der Waals surface area contributed by atoms with Gasteiger partial charge in [-0.2, -0.15) is 8.42 Å². The molecule has 0 aromatic carbocycles. The first-order chi connectivity index (χ1) is 15.9. The van der Waals surface area contributed by atoms with Gasteiger partial charge in [-0.15, -0.1) is 0 Å². The third-order valence-corrected chi connectivity index (χ3v) is 7.06. The van der Waals surface area contributed by atoms with Crippen molar-refractivity contribution in [3.05, 3.63) is 12.2 Å². The first kappa shape index (κ1) is 32.1. The number of hydrogen-bond acceptors (Lipinski definition) is 3. The van der Waals surface area contributed by atoms with Gasteiger partial charge in [0.05, 0.1) is 5.75 Å². The Morgan fingerprint density at radius 2 is 1.12 bits per heavy atom. The third-order valence-electron chi connectivity index (χ3n) is 6.26. The summed E-state index contributed by atoms with van der Waals surface area (Å²) < 4.78 is 30.0. The Hall–Kier alpha value is -0.880. The first-order valence-electron chi connectivity index (χ1n) is 13.7. The van der Waals surface area contributed by atoms with Crippen LogP contribution < -0.4 is 0 Å². The predicted octanol–water partition coefficient (Wildman–Crippen LogP) is 7.71. The lowest BCUT2D eigenvalue weighted by molar-refractivity contribution is -0.124. The van der Waals surface area contributed by atoms with Gasteiger partial charge < -0.3 is 4.90 Å². The number of unbranched alkanes of at least 4 members (excludes halogenated alkanes) is 18. The van der Waals surface area contributed by atoms with Crippen molar-refractivity contribution in [2.75, 3.05) is 19.3 Å². The van der Waals surface area contributed by atoms with E-state index < -0.39 is 10.1 Å². The molecule has 6 heteroatoms. The predicted molar refractivity (Wildman–Crippen MR) is 141 cm³/mol. The summed E-state index contributed by atoms with van der Waals surface area (Å²) in [4.78, 5) is 13.6. The van der Waals surface area contributed by atoms with E-state index in [4.69, 9.17) is 4.55 Å². The normalized spacial score (nSPS) is 12.0. The van der Waals surface area contributed by atoms with E-state index in [1.807, 2.05) is 6.08 Å². The molecule has 0 atom stereocenters. The van der Waals surface area contributed by atoms with E-state index in [1.165, 1.54) is 103 Å². The van der Waals surface area contributed by atoms with Gasteiger partial charge in [-0.3, -0.25) is 9.35 Å². The van der Waals surface area contributed by atoms with Crippen LogP contribution >= 0.6 is 0 Å². The van der Waals surface area contributed by atoms with E-state index in [0.717, 1.165) is 12.8 Å². The fourth-order valence-electron chi connectivity index (χ4n) is 4.04. The average Bonchev–Trinajstić information content (AvgIpc) is 2.77. The zero-order valence-electron chi connectivity index (χ0n) is 21.7. The second-order valence-corrected chi connectivity index (χ2v) is 11.2. The van der Waals surface area contributed by atoms with Crippen LogP contribution in [0.4, 0.5) is 0 Å². The fourth-order valence-corrected chi connectivity index (χ4v) is 4.61. The van der Waals surface area contributed by atoms with Crippen molar-refractivity contribution in [3.63, 3.8) is 0 Å². The van der Waals surface area contributed by atoms with Crippen molar-refractivity contribution in [1.29, 1.82) is 0 Å². The van der Waals surface area contributed by atoms with Crippen LogP contribution in [0.5, 0.6) is 0 Å². The number of carbonyl (C=O) groups excluding carboxylic acids is 1. The highest BCUT2D eigenvalue weighted by atomic mass is 32.2. The van der Waals surface area contributed by atoms with E-state index in [9.17, 15) is 13.2 Å². The zero-order chi connectivity index (χ0) is 24.6. The summed E-state index contributed by atoms with van der Waals surface area (Å²) in [5.74, 6) is -0.293. The molecule has 0 unspecified atom stereocenters. The van der Waals surface area contributed by atoms with E-state index in [1.54, 1.807) is 18.0 Å². The van der Waals surface area contributed by atoms with Gasteiger partial charge in [0, 0.05) is 13.6 Å². The monoisotopic (exact) mass is 487 g/mol. The Bertz CT molecular complexity index is 575. The highest BCUT2D eigenvalue weighted by Crippen LogP contribution is 2.14. The van der Waals surface area contributed by atoms with Gasteiger partial charge in [0.25, 0.3) is 10.1 Å². The summed E-state index contributed by atoms with van der Waals surface area (Å²) in [7, 11) is -2.18. The second kappa shape index (κ2) is 22.9. The average molecular weight is 488 g/mol. The topological polar surface area (TPSA) is 74.7 Å². The molecule has 0 saturated heterocycles. The van der Waals surface area contributed by atoms with Crippen LogP contribution in [0, 0.1) is 0 Å². The molecule has 0 aliphatic rings. The molecule has 5 nitrogen and oxygen atoms in total. The molecule has 0 spiro atoms. The minimum atomic E-state index is -3.90. The van der Waals surface area contributed by atoms with Crippen molar-refractivity contribution in [2.24, 2.45) is 0 Å². The summed E-state index contributed by atoms with van der Waals surface area (Å²) in [6.07, 6.45) is 28.7. The molecule has 1 amide bonds. The molecule has 0 rings (SSSR count). The van der Waals surface area contributed by atoms with Crippen LogP contribution in [-0.4, -0.2) is 43.1 Å². The Morgan fingerprint density at radius 1 is 0.697 bits per heavy atom. The molecule has 196 valence electrons. The number of carbonyl (C=O) groups is 1. The lowest BCUT2D eigenvalue weighted by Gasteiger charge is -2.14. The molecule has 0 fully saturated rings. The Kier molecular flexibility index (Phi) is 22.3. The van der Waals surface area contributed by atoms with Crippen molar-refractivity contribution < 1.29 is 17.8 Å². The van der Waals surface area contributed by atoms with E-state index in [-0.39, 0.29) is 11.7 Å². The number of nitrogens with zero attached hydrogens (tertiary/aromatic N) is 1. The highest BCUT2D eigenvalue weighted by molar-refractivity contribution is 7.85. The number of hydrogen-bond donors (Lipinski definition) is 1. The molecule has 0 aliphatic carbocycles. The van der Waals surface area contributed by atoms with Gasteiger partial charge in [0.2, 0.25) is 5.91 Å². The molecule has 33 heavy (non-hydrogen) atoms. The van der Waals surface area contributed by atoms with Crippen LogP contribution in [-0.2, 0) is 14.9 Å². The number of likely N-dealkylation sites (N-methyl/N-ethyl adjacent to an activating group) is 1. The van der Waals surface area contributed by atoms with Crippen molar-refractivity contribution >= 4 is 16.0 Å². The van der Waals surface area contributed by atoms with Gasteiger partial charge in [-0.1, -0.05) is 116 Å². The van der Waals surface area contributed by atoms with Crippen LogP contribution in [0.25, 0.3) is 0 Å². The fraction of sp³-hybridized carbons (Fsp3) is 0.889. The number of amides is 1. The van der Waals surface area contributed by atoms with Crippen molar-refractivity contribution in [1.82, 2.24) is 4.90 Å². The first-order valence-corrected chi connectivity index (χ1v) is 15.3. The molecule has 0 bridgehead atoms. The van der Waals surface area contributed by atoms with Gasteiger partial charge >= 0.3 is 0 Å². The highest BCUT2D eigenvalue weighted by Gasteiger charge is 2.07. The largest absolute Gasteiger partial charge is 0.342 e. The van der Waals surface area contributed by atoms with Crippen LogP contribution in [0.3, 0.4) is 0 Å². The van der Waals surface area contributed by atoms with Crippen LogP contribution in [0.15, 0.2) is 12.2 Å². The smallest absolute Gasteiger partial charge is 0.264 e. The number of rotatable bonds is 24. The van der Waals surface area contributed by atoms with E-state index in [0.29, 0.717) is 19.4 Å². The van der Waals surface area contributed by atoms with Crippen molar-refractivity contribution in [2.45, 2.75) is 135 Å². The zero-order valence-corrected chi connectivity index (χ0v) is 22.6. The van der Waals surface area contributed by atoms with Gasteiger partial charge in [0.15, 0.2) is 0 Å². The molecule has 0 radical (unpaired) electrons. The second-order valence-electron chi connectivity index (χ2n) is 9.60. The SMILES string of the molecule is CCCCCCCCCCCCCCCCCCC/C=C/C(=O)N(C)CCCCS(=O)(=O)O. The third kappa shape index (κ3) is 25.6. The Morgan fingerprint density at radius 3 is 1.55 bits per heavy atom. The van der Waals surface area contributed by atoms with Gasteiger partial charge in [-0.25, -0.2) is 0 Å². The molecule has 0 aromatic rings. The summed E-state index contributed by atoms with van der Waals surface area (Å²) in [6, 6.07) is 0. The minimum Gasteiger partial charge on any atom is -0.342 e. The quantitative estimate of drug-likeness (QED) is 0.0859. The summed E-state index contributed by atoms with van der Waals surface area (Å²) in [6.45, 7) is 2.77. The Labute approximate surface area is 205 Å². The van der Waals surface area contributed by atoms with Crippen LogP contribution in [0.1, 0.15) is 135 Å². The lowest BCUT2D eigenvalue weighted by Crippen LogP contribution is -2.26. The van der Waals surface area contributed by atoms with Crippen LogP contribution in [0.2, 0.25) is 0 Å². The maximum Gasteiger partial charge on any atom is 0.264 e. The number of allylic oxidation sites excluding steroid dienone is 1. The lowest BCUT2D eigenvalue weighted by atomic mass is 10.0. The molecule has 1 N–H and O–H groups in total. The maximum absolute atomic E-state index is 12.0.